The molecule has 0 fully saturated rings. The van der Waals surface area contributed by atoms with Gasteiger partial charge in [-0.2, -0.15) is 0 Å². The van der Waals surface area contributed by atoms with Gasteiger partial charge in [-0.05, 0) is 36.1 Å². The fourth-order valence-corrected chi connectivity index (χ4v) is 1.87. The maximum absolute atomic E-state index is 11.2. The van der Waals surface area contributed by atoms with Crippen molar-refractivity contribution in [1.29, 1.82) is 0 Å². The number of carbonyl (C=O) groups excluding carboxylic acids is 1. The lowest BCUT2D eigenvalue weighted by Crippen LogP contribution is -2.15. The molecule has 0 aromatic heterocycles. The van der Waals surface area contributed by atoms with Gasteiger partial charge >= 0.3 is 0 Å². The van der Waals surface area contributed by atoms with Gasteiger partial charge in [0.2, 0.25) is 5.91 Å². The summed E-state index contributed by atoms with van der Waals surface area (Å²) in [6.07, 6.45) is 7.01. The Balaban J connectivity index is 3.49. The fraction of sp³-hybridized carbons (Fsp3) is 0.308. The molecule has 0 atom stereocenters. The number of rotatable bonds is 3. The Morgan fingerprint density at radius 3 is 2.33 bits per heavy atom. The normalized spacial score (nSPS) is 9.67. The van der Waals surface area contributed by atoms with E-state index < -0.39 is 0 Å². The zero-order chi connectivity index (χ0) is 11.4. The number of hydrogen-bond donors (Lipinski definition) is 1. The number of carbonyl (C=O) groups is 1. The van der Waals surface area contributed by atoms with Gasteiger partial charge in [0.15, 0.2) is 0 Å². The summed E-state index contributed by atoms with van der Waals surface area (Å²) in [4.78, 5) is 11.2. The van der Waals surface area contributed by atoms with Crippen LogP contribution in [0.4, 0.5) is 0 Å². The highest BCUT2D eigenvalue weighted by Crippen LogP contribution is 2.20. The average Bonchev–Trinajstić information content (AvgIpc) is 2.26. The molecule has 1 aromatic carbocycles. The SMILES string of the molecule is C#Cc1ccc(C(N)=O)c(CC)c1CC. The lowest BCUT2D eigenvalue weighted by molar-refractivity contribution is 0.0999. The molecule has 0 saturated heterocycles. The maximum atomic E-state index is 11.2. The zero-order valence-corrected chi connectivity index (χ0v) is 9.13. The molecule has 2 nitrogen and oxygen atoms in total. The van der Waals surface area contributed by atoms with Crippen LogP contribution in [-0.4, -0.2) is 5.91 Å². The second-order valence-electron chi connectivity index (χ2n) is 3.33. The van der Waals surface area contributed by atoms with Crippen molar-refractivity contribution in [3.05, 3.63) is 34.4 Å². The molecule has 1 aromatic rings. The molecule has 0 aliphatic carbocycles. The van der Waals surface area contributed by atoms with Gasteiger partial charge in [-0.1, -0.05) is 19.8 Å². The van der Waals surface area contributed by atoms with Crippen molar-refractivity contribution < 1.29 is 4.79 Å². The molecule has 0 radical (unpaired) electrons. The van der Waals surface area contributed by atoms with Crippen LogP contribution in [0.15, 0.2) is 12.1 Å². The fourth-order valence-electron chi connectivity index (χ4n) is 1.87. The summed E-state index contributed by atoms with van der Waals surface area (Å²) in [5.74, 6) is 2.25. The molecule has 78 valence electrons. The molecular formula is C13H15NO. The number of nitrogens with two attached hydrogens (primary N) is 1. The second-order valence-corrected chi connectivity index (χ2v) is 3.33. The summed E-state index contributed by atoms with van der Waals surface area (Å²) in [7, 11) is 0. The smallest absolute Gasteiger partial charge is 0.248 e. The van der Waals surface area contributed by atoms with Crippen LogP contribution in [0.1, 0.15) is 40.9 Å². The first-order valence-electron chi connectivity index (χ1n) is 5.06. The molecule has 2 N–H and O–H groups in total. The van der Waals surface area contributed by atoms with E-state index in [1.165, 1.54) is 0 Å². The van der Waals surface area contributed by atoms with E-state index in [1.54, 1.807) is 12.1 Å². The molecule has 0 aliphatic heterocycles. The van der Waals surface area contributed by atoms with Crippen LogP contribution in [-0.2, 0) is 12.8 Å². The van der Waals surface area contributed by atoms with Gasteiger partial charge in [-0.15, -0.1) is 6.42 Å². The average molecular weight is 201 g/mol. The third-order valence-electron chi connectivity index (χ3n) is 2.56. The monoisotopic (exact) mass is 201 g/mol. The first-order chi connectivity index (χ1) is 7.15. The molecule has 0 saturated carbocycles. The Hall–Kier alpha value is -1.75. The second kappa shape index (κ2) is 4.65. The van der Waals surface area contributed by atoms with E-state index in [-0.39, 0.29) is 5.91 Å². The van der Waals surface area contributed by atoms with Crippen LogP contribution in [0.5, 0.6) is 0 Å². The van der Waals surface area contributed by atoms with Gasteiger partial charge in [0, 0.05) is 11.1 Å². The van der Waals surface area contributed by atoms with E-state index in [2.05, 4.69) is 5.92 Å². The number of primary amides is 1. The summed E-state index contributed by atoms with van der Waals surface area (Å²) < 4.78 is 0. The summed E-state index contributed by atoms with van der Waals surface area (Å²) in [6, 6.07) is 3.51. The highest BCUT2D eigenvalue weighted by atomic mass is 16.1. The predicted octanol–water partition coefficient (Wildman–Crippen LogP) is 1.89. The molecule has 15 heavy (non-hydrogen) atoms. The number of terminal acetylenes is 1. The van der Waals surface area contributed by atoms with Crippen LogP contribution in [0, 0.1) is 12.3 Å². The van der Waals surface area contributed by atoms with Crippen molar-refractivity contribution in [2.75, 3.05) is 0 Å². The van der Waals surface area contributed by atoms with E-state index in [0.717, 1.165) is 29.5 Å². The number of hydrogen-bond acceptors (Lipinski definition) is 1. The van der Waals surface area contributed by atoms with E-state index in [0.29, 0.717) is 5.56 Å². The molecule has 1 rings (SSSR count). The van der Waals surface area contributed by atoms with Crippen LogP contribution in [0.3, 0.4) is 0 Å². The van der Waals surface area contributed by atoms with E-state index >= 15 is 0 Å². The molecule has 0 spiro atoms. The van der Waals surface area contributed by atoms with Crippen molar-refractivity contribution in [2.45, 2.75) is 26.7 Å². The van der Waals surface area contributed by atoms with Gasteiger partial charge in [0.05, 0.1) is 0 Å². The minimum atomic E-state index is -0.384. The van der Waals surface area contributed by atoms with Crippen molar-refractivity contribution in [3.8, 4) is 12.3 Å². The standard InChI is InChI=1S/C13H15NO/c1-4-9-7-8-12(13(14)15)11(6-3)10(9)5-2/h1,7-8H,5-6H2,2-3H3,(H2,14,15). The van der Waals surface area contributed by atoms with Gasteiger partial charge in [0.1, 0.15) is 0 Å². The predicted molar refractivity (Wildman–Crippen MR) is 61.7 cm³/mol. The third kappa shape index (κ3) is 2.02. The lowest BCUT2D eigenvalue weighted by Gasteiger charge is -2.12. The number of benzene rings is 1. The van der Waals surface area contributed by atoms with Gasteiger partial charge < -0.3 is 5.73 Å². The quantitative estimate of drug-likeness (QED) is 0.746. The van der Waals surface area contributed by atoms with Crippen molar-refractivity contribution in [1.82, 2.24) is 0 Å². The molecule has 0 bridgehead atoms. The molecule has 0 unspecified atom stereocenters. The summed E-state index contributed by atoms with van der Waals surface area (Å²) in [5, 5.41) is 0. The van der Waals surface area contributed by atoms with E-state index in [9.17, 15) is 4.79 Å². The van der Waals surface area contributed by atoms with Gasteiger partial charge in [-0.25, -0.2) is 0 Å². The van der Waals surface area contributed by atoms with Gasteiger partial charge in [-0.3, -0.25) is 4.79 Å². The van der Waals surface area contributed by atoms with Crippen molar-refractivity contribution in [2.24, 2.45) is 5.73 Å². The van der Waals surface area contributed by atoms with Crippen LogP contribution in [0.2, 0.25) is 0 Å². The Kier molecular flexibility index (Phi) is 3.51. The first kappa shape index (κ1) is 11.3. The third-order valence-corrected chi connectivity index (χ3v) is 2.56. The van der Waals surface area contributed by atoms with E-state index in [1.807, 2.05) is 13.8 Å². The Morgan fingerprint density at radius 2 is 1.93 bits per heavy atom. The summed E-state index contributed by atoms with van der Waals surface area (Å²) >= 11 is 0. The summed E-state index contributed by atoms with van der Waals surface area (Å²) in [6.45, 7) is 4.03. The first-order valence-corrected chi connectivity index (χ1v) is 5.06. The molecule has 0 heterocycles. The minimum absolute atomic E-state index is 0.384. The lowest BCUT2D eigenvalue weighted by atomic mass is 9.92. The molecular weight excluding hydrogens is 186 g/mol. The molecule has 0 aliphatic rings. The van der Waals surface area contributed by atoms with E-state index in [4.69, 9.17) is 12.2 Å². The molecule has 2 heteroatoms. The Labute approximate surface area is 90.5 Å². The Morgan fingerprint density at radius 1 is 1.33 bits per heavy atom. The minimum Gasteiger partial charge on any atom is -0.366 e. The molecule has 1 amide bonds. The van der Waals surface area contributed by atoms with Gasteiger partial charge in [0.25, 0.3) is 0 Å². The van der Waals surface area contributed by atoms with Crippen LogP contribution in [0.25, 0.3) is 0 Å². The largest absolute Gasteiger partial charge is 0.366 e. The number of amides is 1. The highest BCUT2D eigenvalue weighted by Gasteiger charge is 2.12. The zero-order valence-electron chi connectivity index (χ0n) is 9.13. The van der Waals surface area contributed by atoms with Crippen LogP contribution < -0.4 is 5.73 Å². The topological polar surface area (TPSA) is 43.1 Å². The Bertz CT molecular complexity index is 427. The van der Waals surface area contributed by atoms with Crippen molar-refractivity contribution in [3.63, 3.8) is 0 Å². The maximum Gasteiger partial charge on any atom is 0.248 e. The highest BCUT2D eigenvalue weighted by molar-refractivity contribution is 5.95. The summed E-state index contributed by atoms with van der Waals surface area (Å²) in [5.41, 5.74) is 8.82. The van der Waals surface area contributed by atoms with Crippen LogP contribution >= 0.6 is 0 Å². The van der Waals surface area contributed by atoms with Crippen molar-refractivity contribution >= 4 is 5.91 Å².